The van der Waals surface area contributed by atoms with Crippen molar-refractivity contribution in [1.82, 2.24) is 5.32 Å². The van der Waals surface area contributed by atoms with Gasteiger partial charge in [0, 0.05) is 5.92 Å². The van der Waals surface area contributed by atoms with Gasteiger partial charge in [-0.05, 0) is 25.8 Å². The highest BCUT2D eigenvalue weighted by Crippen LogP contribution is 2.15. The number of nitrogens with one attached hydrogen (secondary N) is 1. The molecule has 0 spiro atoms. The van der Waals surface area contributed by atoms with Crippen molar-refractivity contribution in [2.24, 2.45) is 17.8 Å². The minimum absolute atomic E-state index is 0.322. The molecule has 138 valence electrons. The number of aliphatic hydroxyl groups excluding tert-OH is 2. The first-order valence-electron chi connectivity index (χ1n) is 8.10. The quantitative estimate of drug-likeness (QED) is 0.434. The van der Waals surface area contributed by atoms with E-state index in [2.05, 4.69) is 5.32 Å². The number of aliphatic hydroxyl groups is 2. The van der Waals surface area contributed by atoms with Crippen LogP contribution in [0.1, 0.15) is 41.0 Å². The third-order valence-corrected chi connectivity index (χ3v) is 4.24. The lowest BCUT2D eigenvalue weighted by Crippen LogP contribution is -2.43. The van der Waals surface area contributed by atoms with E-state index in [0.29, 0.717) is 5.57 Å². The Labute approximate surface area is 142 Å². The number of carboxylic acids is 1. The molecule has 1 amide bonds. The van der Waals surface area contributed by atoms with Gasteiger partial charge in [0.2, 0.25) is 5.91 Å². The van der Waals surface area contributed by atoms with Crippen molar-refractivity contribution in [3.63, 3.8) is 0 Å². The molecule has 24 heavy (non-hydrogen) atoms. The van der Waals surface area contributed by atoms with E-state index >= 15 is 0 Å². The Balaban J connectivity index is 4.62. The third-order valence-electron chi connectivity index (χ3n) is 4.24. The number of carbonyl (C=O) groups is 3. The van der Waals surface area contributed by atoms with E-state index in [1.807, 2.05) is 13.0 Å². The summed E-state index contributed by atoms with van der Waals surface area (Å²) in [5, 5.41) is 31.2. The summed E-state index contributed by atoms with van der Waals surface area (Å²) >= 11 is 0. The highest BCUT2D eigenvalue weighted by molar-refractivity contribution is 5.89. The van der Waals surface area contributed by atoms with Crippen molar-refractivity contribution in [3.8, 4) is 0 Å². The van der Waals surface area contributed by atoms with Crippen LogP contribution in [0.4, 0.5) is 0 Å². The molecule has 0 heterocycles. The third kappa shape index (κ3) is 6.41. The van der Waals surface area contributed by atoms with Gasteiger partial charge in [-0.3, -0.25) is 14.4 Å². The number of rotatable bonds is 10. The van der Waals surface area contributed by atoms with Crippen molar-refractivity contribution < 1.29 is 29.7 Å². The van der Waals surface area contributed by atoms with Crippen molar-refractivity contribution in [3.05, 3.63) is 11.6 Å². The molecule has 0 fully saturated rings. The topological polar surface area (TPSA) is 124 Å². The predicted octanol–water partition coefficient (Wildman–Crippen LogP) is 0.743. The normalized spacial score (nSPS) is 18.2. The lowest BCUT2D eigenvalue weighted by molar-refractivity contribution is -0.147. The molecule has 4 N–H and O–H groups in total. The first-order chi connectivity index (χ1) is 11.0. The second kappa shape index (κ2) is 10.2. The smallest absolute Gasteiger partial charge is 0.308 e. The summed E-state index contributed by atoms with van der Waals surface area (Å²) in [6.45, 7) is 7.63. The number of hydrogen-bond donors (Lipinski definition) is 4. The molecule has 5 atom stereocenters. The van der Waals surface area contributed by atoms with Crippen LogP contribution in [-0.2, 0) is 14.4 Å². The predicted molar refractivity (Wildman–Crippen MR) is 89.2 cm³/mol. The van der Waals surface area contributed by atoms with Gasteiger partial charge < -0.3 is 20.6 Å². The Kier molecular flexibility index (Phi) is 9.47. The molecule has 0 aliphatic rings. The number of ketones is 1. The van der Waals surface area contributed by atoms with Crippen LogP contribution >= 0.6 is 0 Å². The molecule has 0 radical (unpaired) electrons. The zero-order valence-electron chi connectivity index (χ0n) is 14.9. The molecule has 7 heteroatoms. The Hall–Kier alpha value is -1.73. The van der Waals surface area contributed by atoms with Gasteiger partial charge >= 0.3 is 5.97 Å². The first kappa shape index (κ1) is 22.3. The second-order valence-electron chi connectivity index (χ2n) is 6.18. The van der Waals surface area contributed by atoms with E-state index in [4.69, 9.17) is 5.11 Å². The van der Waals surface area contributed by atoms with Crippen molar-refractivity contribution in [2.45, 2.75) is 53.2 Å². The van der Waals surface area contributed by atoms with E-state index in [1.165, 1.54) is 13.8 Å². The summed E-state index contributed by atoms with van der Waals surface area (Å²) in [4.78, 5) is 34.9. The van der Waals surface area contributed by atoms with E-state index in [1.54, 1.807) is 13.8 Å². The van der Waals surface area contributed by atoms with E-state index < -0.39 is 47.6 Å². The number of Topliss-reactive ketones (excluding diaryl/α,β-unsaturated/α-hetero) is 1. The second-order valence-corrected chi connectivity index (χ2v) is 6.18. The SMILES string of the molecule is CC/C=C(\C)[C@H](O)[C@H](C)C(=O)NCC(=O)[C@H](C)[C@@H](O)[C@H](C)C(=O)O. The molecule has 0 aromatic rings. The first-order valence-corrected chi connectivity index (χ1v) is 8.10. The fraction of sp³-hybridized carbons (Fsp3) is 0.706. The Morgan fingerprint density at radius 3 is 2.04 bits per heavy atom. The number of amides is 1. The van der Waals surface area contributed by atoms with Crippen LogP contribution in [0.2, 0.25) is 0 Å². The minimum atomic E-state index is -1.33. The Bertz CT molecular complexity index is 487. The summed E-state index contributed by atoms with van der Waals surface area (Å²) in [6.07, 6.45) is 0.304. The summed E-state index contributed by atoms with van der Waals surface area (Å²) < 4.78 is 0. The van der Waals surface area contributed by atoms with Crippen LogP contribution in [0.25, 0.3) is 0 Å². The average molecular weight is 343 g/mol. The maximum atomic E-state index is 12.0. The fourth-order valence-electron chi connectivity index (χ4n) is 2.25. The minimum Gasteiger partial charge on any atom is -0.481 e. The standard InChI is InChI=1S/C17H29NO6/c1-6-7-9(2)14(20)11(4)16(22)18-8-13(19)10(3)15(21)12(5)17(23)24/h7,10-12,14-15,20-21H,6,8H2,1-5H3,(H,18,22)(H,23,24)/b9-7+/t10-,11-,12-,14-,15+/m0/s1. The Morgan fingerprint density at radius 2 is 1.58 bits per heavy atom. The van der Waals surface area contributed by atoms with Crippen LogP contribution in [-0.4, -0.2) is 51.7 Å². The summed E-state index contributed by atoms with van der Waals surface area (Å²) in [5.41, 5.74) is 0.686. The zero-order chi connectivity index (χ0) is 19.0. The van der Waals surface area contributed by atoms with Crippen LogP contribution in [0, 0.1) is 17.8 Å². The monoisotopic (exact) mass is 343 g/mol. The molecule has 0 aromatic carbocycles. The molecule has 0 aliphatic heterocycles. The molecule has 0 unspecified atom stereocenters. The maximum Gasteiger partial charge on any atom is 0.308 e. The van der Waals surface area contributed by atoms with Gasteiger partial charge in [-0.15, -0.1) is 0 Å². The lowest BCUT2D eigenvalue weighted by atomic mass is 9.90. The van der Waals surface area contributed by atoms with Crippen molar-refractivity contribution in [2.75, 3.05) is 6.54 Å². The van der Waals surface area contributed by atoms with E-state index in [0.717, 1.165) is 6.42 Å². The van der Waals surface area contributed by atoms with Gasteiger partial charge in [0.1, 0.15) is 0 Å². The molecule has 0 aliphatic carbocycles. The number of carbonyl (C=O) groups excluding carboxylic acids is 2. The number of hydrogen-bond acceptors (Lipinski definition) is 5. The molecule has 0 saturated carbocycles. The van der Waals surface area contributed by atoms with Gasteiger partial charge in [-0.2, -0.15) is 0 Å². The number of carboxylic acid groups (broad SMARTS) is 1. The summed E-state index contributed by atoms with van der Waals surface area (Å²) in [5.74, 6) is -4.86. The molecule has 0 rings (SSSR count). The largest absolute Gasteiger partial charge is 0.481 e. The number of allylic oxidation sites excluding steroid dienone is 1. The molecule has 0 bridgehead atoms. The van der Waals surface area contributed by atoms with Gasteiger partial charge in [0.15, 0.2) is 5.78 Å². The van der Waals surface area contributed by atoms with Gasteiger partial charge in [-0.25, -0.2) is 0 Å². The maximum absolute atomic E-state index is 12.0. The van der Waals surface area contributed by atoms with Crippen LogP contribution < -0.4 is 5.32 Å². The van der Waals surface area contributed by atoms with Crippen LogP contribution in [0.5, 0.6) is 0 Å². The van der Waals surface area contributed by atoms with E-state index in [9.17, 15) is 24.6 Å². The van der Waals surface area contributed by atoms with Crippen LogP contribution in [0.3, 0.4) is 0 Å². The van der Waals surface area contributed by atoms with Crippen LogP contribution in [0.15, 0.2) is 11.6 Å². The highest BCUT2D eigenvalue weighted by atomic mass is 16.4. The molecule has 7 nitrogen and oxygen atoms in total. The van der Waals surface area contributed by atoms with E-state index in [-0.39, 0.29) is 6.54 Å². The van der Waals surface area contributed by atoms with Gasteiger partial charge in [0.05, 0.1) is 30.6 Å². The lowest BCUT2D eigenvalue weighted by Gasteiger charge is -2.22. The molecular weight excluding hydrogens is 314 g/mol. The van der Waals surface area contributed by atoms with Gasteiger partial charge in [-0.1, -0.05) is 26.8 Å². The Morgan fingerprint density at radius 1 is 1.04 bits per heavy atom. The fourth-order valence-corrected chi connectivity index (χ4v) is 2.25. The van der Waals surface area contributed by atoms with Gasteiger partial charge in [0.25, 0.3) is 0 Å². The summed E-state index contributed by atoms with van der Waals surface area (Å²) in [6, 6.07) is 0. The molecule has 0 aromatic heterocycles. The van der Waals surface area contributed by atoms with Crippen molar-refractivity contribution >= 4 is 17.7 Å². The zero-order valence-corrected chi connectivity index (χ0v) is 14.9. The summed E-state index contributed by atoms with van der Waals surface area (Å²) in [7, 11) is 0. The highest BCUT2D eigenvalue weighted by Gasteiger charge is 2.31. The molecule has 0 saturated heterocycles. The number of aliphatic carboxylic acids is 1. The average Bonchev–Trinajstić information content (AvgIpc) is 2.55. The molecular formula is C17H29NO6. The van der Waals surface area contributed by atoms with Crippen molar-refractivity contribution in [1.29, 1.82) is 0 Å².